The maximum atomic E-state index is 14.4. The summed E-state index contributed by atoms with van der Waals surface area (Å²) in [5.74, 6) is -0.700. The molecule has 3 aromatic carbocycles. The SMILES string of the molecule is CC1(C)CC(=O)C2=C(C1)N(c1cccc([N+](=O)[O-])c1)C1=C(C(=O)CC(C)(C)C1)C2c1cc(Br)ccc1OCc1cn(Cc2cccc(F)c2)nn1. The van der Waals surface area contributed by atoms with Crippen LogP contribution in [0.1, 0.15) is 76.1 Å². The van der Waals surface area contributed by atoms with Gasteiger partial charge in [-0.3, -0.25) is 19.7 Å². The third-order valence-corrected chi connectivity index (χ3v) is 10.2. The number of hydrogen-bond donors (Lipinski definition) is 0. The number of ether oxygens (including phenoxy) is 1. The Kier molecular flexibility index (Phi) is 8.77. The van der Waals surface area contributed by atoms with E-state index in [4.69, 9.17) is 4.74 Å². The van der Waals surface area contributed by atoms with E-state index in [1.807, 2.05) is 56.9 Å². The van der Waals surface area contributed by atoms with Gasteiger partial charge in [-0.25, -0.2) is 9.07 Å². The number of nitro benzene ring substituents is 1. The third kappa shape index (κ3) is 6.89. The number of benzene rings is 3. The Balaban J connectivity index is 1.34. The molecule has 0 saturated carbocycles. The highest BCUT2D eigenvalue weighted by Crippen LogP contribution is 2.56. The van der Waals surface area contributed by atoms with Gasteiger partial charge in [0.05, 0.1) is 23.4 Å². The molecule has 0 fully saturated rings. The highest BCUT2D eigenvalue weighted by Gasteiger charge is 2.50. The van der Waals surface area contributed by atoms with Gasteiger partial charge in [0.2, 0.25) is 0 Å². The standard InChI is InChI=1S/C39H37BrFN5O5/c1-38(2)16-30-36(32(47)18-38)35(37-31(17-39(3,4)19-33(37)48)45(30)27-9-6-10-28(15-27)46(49)50)29-14-24(40)11-12-34(29)51-22-26-21-44(43-42-26)20-23-7-5-8-25(41)13-23/h5-15,21,35H,16-20,22H2,1-4H3. The molecule has 4 aromatic rings. The third-order valence-electron chi connectivity index (χ3n) is 9.69. The van der Waals surface area contributed by atoms with Crippen LogP contribution in [-0.4, -0.2) is 31.5 Å². The molecule has 2 aliphatic carbocycles. The van der Waals surface area contributed by atoms with Crippen LogP contribution < -0.4 is 9.64 Å². The topological polar surface area (TPSA) is 120 Å². The van der Waals surface area contributed by atoms with Gasteiger partial charge in [-0.2, -0.15) is 0 Å². The molecule has 7 rings (SSSR count). The van der Waals surface area contributed by atoms with Crippen molar-refractivity contribution >= 4 is 38.9 Å². The highest BCUT2D eigenvalue weighted by molar-refractivity contribution is 9.10. The van der Waals surface area contributed by atoms with Crippen molar-refractivity contribution in [3.05, 3.63) is 133 Å². The summed E-state index contributed by atoms with van der Waals surface area (Å²) in [4.78, 5) is 42.2. The number of nitrogens with zero attached hydrogens (tertiary/aromatic N) is 5. The fourth-order valence-electron chi connectivity index (χ4n) is 7.67. The molecule has 262 valence electrons. The zero-order valence-electron chi connectivity index (χ0n) is 28.8. The van der Waals surface area contributed by atoms with E-state index >= 15 is 0 Å². The first kappa shape index (κ1) is 34.5. The molecular formula is C39H37BrFN5O5. The zero-order chi connectivity index (χ0) is 36.2. The van der Waals surface area contributed by atoms with Crippen LogP contribution in [0.15, 0.2) is 99.9 Å². The van der Waals surface area contributed by atoms with Crippen LogP contribution in [-0.2, 0) is 22.7 Å². The van der Waals surface area contributed by atoms with Crippen molar-refractivity contribution in [3.63, 3.8) is 0 Å². The first-order chi connectivity index (χ1) is 24.2. The van der Waals surface area contributed by atoms with Gasteiger partial charge in [-0.05, 0) is 65.6 Å². The lowest BCUT2D eigenvalue weighted by Gasteiger charge is -2.49. The van der Waals surface area contributed by atoms with Gasteiger partial charge in [0.15, 0.2) is 11.6 Å². The van der Waals surface area contributed by atoms with Crippen molar-refractivity contribution < 1.29 is 23.6 Å². The van der Waals surface area contributed by atoms with Crippen molar-refractivity contribution in [1.82, 2.24) is 15.0 Å². The lowest BCUT2D eigenvalue weighted by Crippen LogP contribution is -2.44. The van der Waals surface area contributed by atoms with Gasteiger partial charge in [-0.1, -0.05) is 67.0 Å². The van der Waals surface area contributed by atoms with E-state index in [1.54, 1.807) is 29.1 Å². The molecule has 1 aromatic heterocycles. The van der Waals surface area contributed by atoms with Crippen LogP contribution in [0.4, 0.5) is 15.8 Å². The molecule has 10 nitrogen and oxygen atoms in total. The number of carbonyl (C=O) groups is 2. The van der Waals surface area contributed by atoms with E-state index in [1.165, 1.54) is 24.3 Å². The number of hydrogen-bond acceptors (Lipinski definition) is 8. The number of carbonyl (C=O) groups excluding carboxylic acids is 2. The Morgan fingerprint density at radius 1 is 0.922 bits per heavy atom. The fraction of sp³-hybridized carbons (Fsp3) is 0.333. The van der Waals surface area contributed by atoms with Gasteiger partial charge < -0.3 is 9.64 Å². The first-order valence-corrected chi connectivity index (χ1v) is 17.6. The van der Waals surface area contributed by atoms with Crippen molar-refractivity contribution in [2.24, 2.45) is 10.8 Å². The number of ketones is 2. The summed E-state index contributed by atoms with van der Waals surface area (Å²) >= 11 is 3.63. The monoisotopic (exact) mass is 753 g/mol. The van der Waals surface area contributed by atoms with Crippen molar-refractivity contribution in [2.75, 3.05) is 4.90 Å². The number of anilines is 1. The zero-order valence-corrected chi connectivity index (χ0v) is 30.4. The van der Waals surface area contributed by atoms with E-state index in [-0.39, 0.29) is 53.3 Å². The molecule has 0 N–H and O–H groups in total. The average molecular weight is 755 g/mol. The maximum Gasteiger partial charge on any atom is 0.271 e. The minimum absolute atomic E-state index is 0.0596. The summed E-state index contributed by atoms with van der Waals surface area (Å²) in [5.41, 5.74) is 4.17. The number of halogens is 2. The summed E-state index contributed by atoms with van der Waals surface area (Å²) in [6.07, 6.45) is 3.36. The molecule has 0 bridgehead atoms. The van der Waals surface area contributed by atoms with E-state index in [2.05, 4.69) is 26.2 Å². The summed E-state index contributed by atoms with van der Waals surface area (Å²) in [6, 6.07) is 18.3. The second-order valence-corrected chi connectivity index (χ2v) is 16.1. The van der Waals surface area contributed by atoms with Gasteiger partial charge in [0.1, 0.15) is 23.9 Å². The van der Waals surface area contributed by atoms with Gasteiger partial charge in [0.25, 0.3) is 5.69 Å². The Bertz CT molecular complexity index is 2120. The Morgan fingerprint density at radius 2 is 1.59 bits per heavy atom. The van der Waals surface area contributed by atoms with E-state index in [9.17, 15) is 24.1 Å². The quantitative estimate of drug-likeness (QED) is 0.130. The first-order valence-electron chi connectivity index (χ1n) is 16.8. The smallest absolute Gasteiger partial charge is 0.271 e. The van der Waals surface area contributed by atoms with Crippen LogP contribution in [0.2, 0.25) is 0 Å². The van der Waals surface area contributed by atoms with Crippen LogP contribution >= 0.6 is 15.9 Å². The predicted octanol–water partition coefficient (Wildman–Crippen LogP) is 8.61. The molecule has 1 aliphatic heterocycles. The van der Waals surface area contributed by atoms with Gasteiger partial charge >= 0.3 is 0 Å². The Morgan fingerprint density at radius 3 is 2.24 bits per heavy atom. The second kappa shape index (κ2) is 13.0. The molecule has 12 heteroatoms. The van der Waals surface area contributed by atoms with E-state index in [0.717, 1.165) is 21.4 Å². The lowest BCUT2D eigenvalue weighted by molar-refractivity contribution is -0.384. The predicted molar refractivity (Wildman–Crippen MR) is 192 cm³/mol. The number of rotatable bonds is 8. The molecule has 0 saturated heterocycles. The lowest BCUT2D eigenvalue weighted by atomic mass is 9.63. The molecule has 0 unspecified atom stereocenters. The fourth-order valence-corrected chi connectivity index (χ4v) is 8.04. The Labute approximate surface area is 303 Å². The van der Waals surface area contributed by atoms with Gasteiger partial charge in [-0.15, -0.1) is 5.10 Å². The van der Waals surface area contributed by atoms with Crippen LogP contribution in [0.5, 0.6) is 5.75 Å². The van der Waals surface area contributed by atoms with Gasteiger partial charge in [0, 0.05) is 63.5 Å². The summed E-state index contributed by atoms with van der Waals surface area (Å²) in [5, 5.41) is 20.3. The highest BCUT2D eigenvalue weighted by atomic mass is 79.9. The number of non-ortho nitro benzene ring substituents is 1. The maximum absolute atomic E-state index is 14.4. The number of Topliss-reactive ketones (excluding diaryl/α,β-unsaturated/α-hetero) is 2. The second-order valence-electron chi connectivity index (χ2n) is 15.2. The molecule has 0 radical (unpaired) electrons. The van der Waals surface area contributed by atoms with E-state index < -0.39 is 10.8 Å². The normalized spacial score (nSPS) is 18.5. The van der Waals surface area contributed by atoms with Crippen molar-refractivity contribution in [1.29, 1.82) is 0 Å². The minimum atomic E-state index is -0.715. The molecule has 2 heterocycles. The molecular weight excluding hydrogens is 717 g/mol. The summed E-state index contributed by atoms with van der Waals surface area (Å²) < 4.78 is 22.5. The van der Waals surface area contributed by atoms with E-state index in [0.29, 0.717) is 53.2 Å². The van der Waals surface area contributed by atoms with Crippen LogP contribution in [0, 0.1) is 26.8 Å². The van der Waals surface area contributed by atoms with Crippen molar-refractivity contribution in [2.45, 2.75) is 72.4 Å². The minimum Gasteiger partial charge on any atom is -0.487 e. The number of aromatic nitrogens is 3. The molecule has 51 heavy (non-hydrogen) atoms. The largest absolute Gasteiger partial charge is 0.487 e. The van der Waals surface area contributed by atoms with Crippen LogP contribution in [0.3, 0.4) is 0 Å². The summed E-state index contributed by atoms with van der Waals surface area (Å²) in [6.45, 7) is 8.58. The summed E-state index contributed by atoms with van der Waals surface area (Å²) in [7, 11) is 0. The average Bonchev–Trinajstić information content (AvgIpc) is 3.49. The number of allylic oxidation sites excluding steroid dienone is 4. The molecule has 0 amide bonds. The molecule has 0 atom stereocenters. The van der Waals surface area contributed by atoms with Crippen LogP contribution in [0.25, 0.3) is 0 Å². The van der Waals surface area contributed by atoms with Crippen molar-refractivity contribution in [3.8, 4) is 5.75 Å². The Hall–Kier alpha value is -4.97. The number of nitro groups is 1. The molecule has 0 spiro atoms. The molecule has 3 aliphatic rings.